The van der Waals surface area contributed by atoms with Crippen LogP contribution in [0.2, 0.25) is 5.02 Å². The Kier molecular flexibility index (Phi) is 5.51. The van der Waals surface area contributed by atoms with Gasteiger partial charge in [-0.3, -0.25) is 0 Å². The van der Waals surface area contributed by atoms with E-state index >= 15 is 0 Å². The summed E-state index contributed by atoms with van der Waals surface area (Å²) >= 11 is 9.61. The van der Waals surface area contributed by atoms with Crippen molar-refractivity contribution in [1.29, 1.82) is 0 Å². The molecule has 0 amide bonds. The van der Waals surface area contributed by atoms with Crippen LogP contribution in [0.5, 0.6) is 11.5 Å². The number of rotatable bonds is 5. The molecule has 21 heavy (non-hydrogen) atoms. The van der Waals surface area contributed by atoms with E-state index in [4.69, 9.17) is 21.1 Å². The highest BCUT2D eigenvalue weighted by molar-refractivity contribution is 9.10. The number of hydrogen-bond donors (Lipinski definition) is 1. The van der Waals surface area contributed by atoms with Gasteiger partial charge < -0.3 is 14.6 Å². The molecule has 1 N–H and O–H groups in total. The third-order valence-corrected chi connectivity index (χ3v) is 4.10. The van der Waals surface area contributed by atoms with E-state index in [2.05, 4.69) is 15.9 Å². The lowest BCUT2D eigenvalue weighted by molar-refractivity contribution is 0.174. The molecule has 0 saturated carbocycles. The van der Waals surface area contributed by atoms with Gasteiger partial charge >= 0.3 is 0 Å². The first-order chi connectivity index (χ1) is 10.1. The highest BCUT2D eigenvalue weighted by Gasteiger charge is 2.19. The van der Waals surface area contributed by atoms with Gasteiger partial charge in [0.05, 0.1) is 20.3 Å². The summed E-state index contributed by atoms with van der Waals surface area (Å²) in [6.45, 7) is 0. The van der Waals surface area contributed by atoms with Gasteiger partial charge in [0, 0.05) is 16.5 Å². The summed E-state index contributed by atoms with van der Waals surface area (Å²) in [7, 11) is 3.06. The fraction of sp³-hybridized carbons (Fsp3) is 0.250. The molecular weight excluding hydrogens is 356 g/mol. The van der Waals surface area contributed by atoms with Crippen LogP contribution < -0.4 is 9.47 Å². The lowest BCUT2D eigenvalue weighted by Gasteiger charge is -2.17. The molecule has 112 valence electrons. The van der Waals surface area contributed by atoms with E-state index in [1.165, 1.54) is 7.11 Å². The molecule has 0 radical (unpaired) electrons. The monoisotopic (exact) mass is 370 g/mol. The molecule has 1 unspecified atom stereocenters. The summed E-state index contributed by atoms with van der Waals surface area (Å²) in [6.07, 6.45) is -0.226. The van der Waals surface area contributed by atoms with Crippen LogP contribution in [0.4, 0.5) is 0 Å². The zero-order valence-corrected chi connectivity index (χ0v) is 14.1. The Balaban J connectivity index is 2.28. The van der Waals surface area contributed by atoms with Gasteiger partial charge in [0.25, 0.3) is 0 Å². The smallest absolute Gasteiger partial charge is 0.147 e. The first-order valence-corrected chi connectivity index (χ1v) is 7.56. The van der Waals surface area contributed by atoms with E-state index in [9.17, 15) is 5.11 Å². The van der Waals surface area contributed by atoms with E-state index in [1.807, 2.05) is 24.3 Å². The molecule has 5 heteroatoms. The minimum atomic E-state index is -0.704. The number of aliphatic hydroxyl groups excluding tert-OH is 1. The first kappa shape index (κ1) is 16.1. The summed E-state index contributed by atoms with van der Waals surface area (Å²) in [5.41, 5.74) is 1.67. The molecule has 2 aromatic carbocycles. The average Bonchev–Trinajstić information content (AvgIpc) is 2.49. The van der Waals surface area contributed by atoms with Crippen molar-refractivity contribution in [2.45, 2.75) is 12.5 Å². The van der Waals surface area contributed by atoms with Crippen molar-refractivity contribution >= 4 is 27.5 Å². The molecule has 0 bridgehead atoms. The SMILES string of the molecule is COc1ccc(C(O)Cc2ccc(Br)cc2)c(OC)c1Cl. The molecule has 0 aromatic heterocycles. The Bertz CT molecular complexity index is 614. The van der Waals surface area contributed by atoms with E-state index in [1.54, 1.807) is 19.2 Å². The van der Waals surface area contributed by atoms with Crippen molar-refractivity contribution in [1.82, 2.24) is 0 Å². The number of halogens is 2. The quantitative estimate of drug-likeness (QED) is 0.847. The van der Waals surface area contributed by atoms with Gasteiger partial charge in [-0.2, -0.15) is 0 Å². The minimum absolute atomic E-state index is 0.368. The van der Waals surface area contributed by atoms with E-state index in [0.29, 0.717) is 28.5 Å². The predicted molar refractivity (Wildman–Crippen MR) is 87.4 cm³/mol. The average molecular weight is 372 g/mol. The number of ether oxygens (including phenoxy) is 2. The summed E-state index contributed by atoms with van der Waals surface area (Å²) in [4.78, 5) is 0. The summed E-state index contributed by atoms with van der Waals surface area (Å²) < 4.78 is 11.5. The van der Waals surface area contributed by atoms with Gasteiger partial charge in [0.15, 0.2) is 0 Å². The van der Waals surface area contributed by atoms with Crippen molar-refractivity contribution in [2.75, 3.05) is 14.2 Å². The van der Waals surface area contributed by atoms with Crippen LogP contribution in [0.15, 0.2) is 40.9 Å². The van der Waals surface area contributed by atoms with Gasteiger partial charge in [0.1, 0.15) is 16.5 Å². The van der Waals surface area contributed by atoms with E-state index < -0.39 is 6.10 Å². The number of methoxy groups -OCH3 is 2. The zero-order valence-electron chi connectivity index (χ0n) is 11.8. The molecule has 1 atom stereocenters. The van der Waals surface area contributed by atoms with E-state index in [0.717, 1.165) is 10.0 Å². The Morgan fingerprint density at radius 3 is 2.33 bits per heavy atom. The van der Waals surface area contributed by atoms with Crippen molar-refractivity contribution in [3.05, 3.63) is 57.0 Å². The highest BCUT2D eigenvalue weighted by Crippen LogP contribution is 2.40. The molecule has 0 saturated heterocycles. The molecular formula is C16H16BrClO3. The van der Waals surface area contributed by atoms with Crippen LogP contribution >= 0.6 is 27.5 Å². The minimum Gasteiger partial charge on any atom is -0.495 e. The fourth-order valence-corrected chi connectivity index (χ4v) is 2.72. The molecule has 0 heterocycles. The second-order valence-electron chi connectivity index (χ2n) is 4.55. The highest BCUT2D eigenvalue weighted by atomic mass is 79.9. The Hall–Kier alpha value is -1.23. The van der Waals surface area contributed by atoms with Crippen molar-refractivity contribution < 1.29 is 14.6 Å². The number of benzene rings is 2. The van der Waals surface area contributed by atoms with Crippen LogP contribution in [0.3, 0.4) is 0 Å². The number of aliphatic hydroxyl groups is 1. The molecule has 0 aliphatic carbocycles. The Morgan fingerprint density at radius 1 is 1.10 bits per heavy atom. The fourth-order valence-electron chi connectivity index (χ4n) is 2.13. The van der Waals surface area contributed by atoms with Gasteiger partial charge in [-0.1, -0.05) is 39.7 Å². The molecule has 0 aliphatic heterocycles. The zero-order chi connectivity index (χ0) is 15.4. The van der Waals surface area contributed by atoms with Crippen molar-refractivity contribution in [3.63, 3.8) is 0 Å². The van der Waals surface area contributed by atoms with Crippen LogP contribution in [-0.4, -0.2) is 19.3 Å². The topological polar surface area (TPSA) is 38.7 Å². The molecule has 3 nitrogen and oxygen atoms in total. The molecule has 2 aromatic rings. The largest absolute Gasteiger partial charge is 0.495 e. The van der Waals surface area contributed by atoms with E-state index in [-0.39, 0.29) is 0 Å². The van der Waals surface area contributed by atoms with Crippen molar-refractivity contribution in [3.8, 4) is 11.5 Å². The molecule has 0 spiro atoms. The van der Waals surface area contributed by atoms with Gasteiger partial charge in [-0.15, -0.1) is 0 Å². The maximum absolute atomic E-state index is 10.5. The van der Waals surface area contributed by atoms with Gasteiger partial charge in [0.2, 0.25) is 0 Å². The maximum Gasteiger partial charge on any atom is 0.147 e. The normalized spacial score (nSPS) is 12.0. The summed E-state index contributed by atoms with van der Waals surface area (Å²) in [5.74, 6) is 0.966. The summed E-state index contributed by atoms with van der Waals surface area (Å²) in [6, 6.07) is 11.3. The third-order valence-electron chi connectivity index (χ3n) is 3.22. The standard InChI is InChI=1S/C16H16BrClO3/c1-20-14-8-7-12(16(21-2)15(14)18)13(19)9-10-3-5-11(17)6-4-10/h3-8,13,19H,9H2,1-2H3. The van der Waals surface area contributed by atoms with Crippen LogP contribution in [0.1, 0.15) is 17.2 Å². The van der Waals surface area contributed by atoms with Crippen LogP contribution in [0, 0.1) is 0 Å². The Labute approximate surface area is 137 Å². The van der Waals surface area contributed by atoms with Crippen molar-refractivity contribution in [2.24, 2.45) is 0 Å². The number of hydrogen-bond acceptors (Lipinski definition) is 3. The van der Waals surface area contributed by atoms with Gasteiger partial charge in [-0.25, -0.2) is 0 Å². The molecule has 0 aliphatic rings. The maximum atomic E-state index is 10.5. The predicted octanol–water partition coefficient (Wildman–Crippen LogP) is 4.40. The molecule has 2 rings (SSSR count). The van der Waals surface area contributed by atoms with Gasteiger partial charge in [-0.05, 0) is 29.8 Å². The Morgan fingerprint density at radius 2 is 1.76 bits per heavy atom. The first-order valence-electron chi connectivity index (χ1n) is 6.39. The molecule has 0 fully saturated rings. The second-order valence-corrected chi connectivity index (χ2v) is 5.84. The van der Waals surface area contributed by atoms with Crippen LogP contribution in [0.25, 0.3) is 0 Å². The lowest BCUT2D eigenvalue weighted by atomic mass is 10.0. The lowest BCUT2D eigenvalue weighted by Crippen LogP contribution is -2.05. The summed E-state index contributed by atoms with van der Waals surface area (Å²) in [5, 5.41) is 10.8. The van der Waals surface area contributed by atoms with Crippen LogP contribution in [-0.2, 0) is 6.42 Å². The second kappa shape index (κ2) is 7.16. The third kappa shape index (κ3) is 3.70.